The summed E-state index contributed by atoms with van der Waals surface area (Å²) < 4.78 is 5.07. The van der Waals surface area contributed by atoms with Crippen molar-refractivity contribution >= 4 is 0 Å². The molecule has 4 heteroatoms. The van der Waals surface area contributed by atoms with E-state index < -0.39 is 0 Å². The molecule has 1 saturated heterocycles. The molecule has 0 bridgehead atoms. The number of hydrogen-bond acceptors (Lipinski definition) is 4. The third kappa shape index (κ3) is 2.90. The lowest BCUT2D eigenvalue weighted by Crippen LogP contribution is -2.29. The van der Waals surface area contributed by atoms with Gasteiger partial charge in [0.2, 0.25) is 0 Å². The number of aromatic hydroxyl groups is 1. The van der Waals surface area contributed by atoms with Gasteiger partial charge in [-0.1, -0.05) is 6.07 Å². The van der Waals surface area contributed by atoms with E-state index in [0.717, 1.165) is 25.2 Å². The molecule has 1 aliphatic rings. The van der Waals surface area contributed by atoms with Crippen LogP contribution in [0, 0.1) is 0 Å². The Bertz CT molecular complexity index is 382. The van der Waals surface area contributed by atoms with Crippen LogP contribution in [0.1, 0.15) is 12.0 Å². The molecule has 1 atom stereocenters. The third-order valence-electron chi connectivity index (χ3n) is 3.37. The van der Waals surface area contributed by atoms with Crippen molar-refractivity contribution in [3.05, 3.63) is 23.8 Å². The van der Waals surface area contributed by atoms with Crippen LogP contribution in [-0.4, -0.2) is 43.3 Å². The third-order valence-corrected chi connectivity index (χ3v) is 3.37. The molecule has 0 radical (unpaired) electrons. The molecule has 0 aromatic heterocycles. The molecule has 1 heterocycles. The van der Waals surface area contributed by atoms with E-state index >= 15 is 0 Å². The number of likely N-dealkylation sites (tertiary alicyclic amines) is 1. The maximum Gasteiger partial charge on any atom is 0.123 e. The zero-order chi connectivity index (χ0) is 12.3. The Hall–Kier alpha value is -1.26. The molecule has 1 aromatic carbocycles. The molecule has 0 spiro atoms. The van der Waals surface area contributed by atoms with E-state index in [0.29, 0.717) is 17.5 Å². The van der Waals surface area contributed by atoms with Crippen molar-refractivity contribution in [2.24, 2.45) is 0 Å². The Labute approximate surface area is 102 Å². The molecule has 1 unspecified atom stereocenters. The van der Waals surface area contributed by atoms with Crippen molar-refractivity contribution in [1.82, 2.24) is 10.2 Å². The van der Waals surface area contributed by atoms with Crippen LogP contribution < -0.4 is 10.1 Å². The van der Waals surface area contributed by atoms with Gasteiger partial charge in [0.05, 0.1) is 7.11 Å². The number of rotatable bonds is 4. The number of phenolic OH excluding ortho intramolecular Hbond substituents is 1. The number of likely N-dealkylation sites (N-methyl/N-ethyl adjacent to an activating group) is 1. The Morgan fingerprint density at radius 1 is 1.53 bits per heavy atom. The summed E-state index contributed by atoms with van der Waals surface area (Å²) >= 11 is 0. The molecule has 2 N–H and O–H groups in total. The van der Waals surface area contributed by atoms with Crippen LogP contribution in [0.5, 0.6) is 11.5 Å². The zero-order valence-corrected chi connectivity index (χ0v) is 10.4. The van der Waals surface area contributed by atoms with Gasteiger partial charge < -0.3 is 15.2 Å². The number of benzene rings is 1. The van der Waals surface area contributed by atoms with E-state index in [1.807, 2.05) is 19.2 Å². The molecule has 94 valence electrons. The summed E-state index contributed by atoms with van der Waals surface area (Å²) in [7, 11) is 3.60. The highest BCUT2D eigenvalue weighted by Crippen LogP contribution is 2.25. The average molecular weight is 236 g/mol. The minimum absolute atomic E-state index is 0.317. The normalized spacial score (nSPS) is 20.7. The summed E-state index contributed by atoms with van der Waals surface area (Å²) in [6.45, 7) is 2.92. The molecule has 1 aliphatic heterocycles. The summed E-state index contributed by atoms with van der Waals surface area (Å²) in [6, 6.07) is 6.07. The van der Waals surface area contributed by atoms with Crippen molar-refractivity contribution in [2.45, 2.75) is 19.0 Å². The minimum Gasteiger partial charge on any atom is -0.507 e. The summed E-state index contributed by atoms with van der Waals surface area (Å²) in [6.07, 6.45) is 1.17. The van der Waals surface area contributed by atoms with Gasteiger partial charge in [-0.3, -0.25) is 4.90 Å². The lowest BCUT2D eigenvalue weighted by atomic mass is 10.2. The Kier molecular flexibility index (Phi) is 3.86. The maximum atomic E-state index is 9.88. The SMILES string of the molecule is CNC1CCN(Cc2ccc(OC)cc2O)C1. The molecular weight excluding hydrogens is 216 g/mol. The monoisotopic (exact) mass is 236 g/mol. The van der Waals surface area contributed by atoms with Gasteiger partial charge in [-0.25, -0.2) is 0 Å². The number of nitrogens with zero attached hydrogens (tertiary/aromatic N) is 1. The van der Waals surface area contributed by atoms with Crippen LogP contribution in [0.4, 0.5) is 0 Å². The lowest BCUT2D eigenvalue weighted by molar-refractivity contribution is 0.315. The van der Waals surface area contributed by atoms with Gasteiger partial charge >= 0.3 is 0 Å². The van der Waals surface area contributed by atoms with Crippen LogP contribution in [0.15, 0.2) is 18.2 Å². The fourth-order valence-corrected chi connectivity index (χ4v) is 2.26. The summed E-state index contributed by atoms with van der Waals surface area (Å²) in [5.41, 5.74) is 0.961. The van der Waals surface area contributed by atoms with E-state index in [4.69, 9.17) is 4.74 Å². The average Bonchev–Trinajstić information content (AvgIpc) is 2.79. The Balaban J connectivity index is 1.99. The van der Waals surface area contributed by atoms with Gasteiger partial charge in [-0.05, 0) is 19.5 Å². The highest BCUT2D eigenvalue weighted by Gasteiger charge is 2.21. The van der Waals surface area contributed by atoms with Crippen LogP contribution in [-0.2, 0) is 6.54 Å². The number of ether oxygens (including phenoxy) is 1. The first-order chi connectivity index (χ1) is 8.22. The first-order valence-electron chi connectivity index (χ1n) is 5.98. The molecule has 17 heavy (non-hydrogen) atoms. The number of phenols is 1. The fourth-order valence-electron chi connectivity index (χ4n) is 2.26. The van der Waals surface area contributed by atoms with Crippen LogP contribution in [0.3, 0.4) is 0 Å². The quantitative estimate of drug-likeness (QED) is 0.824. The second-order valence-corrected chi connectivity index (χ2v) is 4.50. The van der Waals surface area contributed by atoms with Gasteiger partial charge in [0, 0.05) is 37.3 Å². The molecule has 0 saturated carbocycles. The number of methoxy groups -OCH3 is 1. The summed E-state index contributed by atoms with van der Waals surface area (Å²) in [5.74, 6) is 1.01. The molecule has 0 amide bonds. The molecule has 4 nitrogen and oxygen atoms in total. The number of nitrogens with one attached hydrogen (secondary N) is 1. The first kappa shape index (κ1) is 12.2. The number of hydrogen-bond donors (Lipinski definition) is 2. The van der Waals surface area contributed by atoms with Crippen molar-refractivity contribution in [3.8, 4) is 11.5 Å². The minimum atomic E-state index is 0.317. The van der Waals surface area contributed by atoms with E-state index in [1.54, 1.807) is 13.2 Å². The van der Waals surface area contributed by atoms with Gasteiger partial charge in [-0.2, -0.15) is 0 Å². The standard InChI is InChI=1S/C13H20N2O2/c1-14-11-5-6-15(9-11)8-10-3-4-12(17-2)7-13(10)16/h3-4,7,11,14,16H,5-6,8-9H2,1-2H3. The Morgan fingerprint density at radius 3 is 2.94 bits per heavy atom. The highest BCUT2D eigenvalue weighted by atomic mass is 16.5. The summed E-state index contributed by atoms with van der Waals surface area (Å²) in [5, 5.41) is 13.2. The Morgan fingerprint density at radius 2 is 2.35 bits per heavy atom. The highest BCUT2D eigenvalue weighted by molar-refractivity contribution is 5.39. The topological polar surface area (TPSA) is 44.7 Å². The molecular formula is C13H20N2O2. The second kappa shape index (κ2) is 5.38. The van der Waals surface area contributed by atoms with Gasteiger partial charge in [0.15, 0.2) is 0 Å². The summed E-state index contributed by atoms with van der Waals surface area (Å²) in [4.78, 5) is 2.35. The van der Waals surface area contributed by atoms with Gasteiger partial charge in [0.25, 0.3) is 0 Å². The van der Waals surface area contributed by atoms with Crippen LogP contribution in [0.25, 0.3) is 0 Å². The van der Waals surface area contributed by atoms with E-state index in [9.17, 15) is 5.11 Å². The first-order valence-corrected chi connectivity index (χ1v) is 5.98. The largest absolute Gasteiger partial charge is 0.507 e. The molecule has 0 aliphatic carbocycles. The zero-order valence-electron chi connectivity index (χ0n) is 10.4. The fraction of sp³-hybridized carbons (Fsp3) is 0.538. The molecule has 1 fully saturated rings. The molecule has 1 aromatic rings. The van der Waals surface area contributed by atoms with Crippen molar-refractivity contribution < 1.29 is 9.84 Å². The molecule has 2 rings (SSSR count). The van der Waals surface area contributed by atoms with Gasteiger partial charge in [0.1, 0.15) is 11.5 Å². The van der Waals surface area contributed by atoms with Gasteiger partial charge in [-0.15, -0.1) is 0 Å². The van der Waals surface area contributed by atoms with E-state index in [1.165, 1.54) is 6.42 Å². The predicted molar refractivity (Wildman–Crippen MR) is 67.4 cm³/mol. The van der Waals surface area contributed by atoms with Crippen molar-refractivity contribution in [2.75, 3.05) is 27.2 Å². The lowest BCUT2D eigenvalue weighted by Gasteiger charge is -2.17. The van der Waals surface area contributed by atoms with Crippen LogP contribution in [0.2, 0.25) is 0 Å². The predicted octanol–water partition coefficient (Wildman–Crippen LogP) is 1.19. The smallest absolute Gasteiger partial charge is 0.123 e. The van der Waals surface area contributed by atoms with Crippen LogP contribution >= 0.6 is 0 Å². The second-order valence-electron chi connectivity index (χ2n) is 4.50. The van der Waals surface area contributed by atoms with E-state index in [2.05, 4.69) is 10.2 Å². The maximum absolute atomic E-state index is 9.88. The van der Waals surface area contributed by atoms with Crippen molar-refractivity contribution in [1.29, 1.82) is 0 Å². The van der Waals surface area contributed by atoms with Crippen molar-refractivity contribution in [3.63, 3.8) is 0 Å². The van der Waals surface area contributed by atoms with E-state index in [-0.39, 0.29) is 0 Å².